The Morgan fingerprint density at radius 2 is 1.97 bits per heavy atom. The molecule has 0 saturated carbocycles. The number of carbonyl (C=O) groups is 3. The molecule has 0 aromatic heterocycles. The quantitative estimate of drug-likeness (QED) is 0.421. The van der Waals surface area contributed by atoms with Crippen molar-refractivity contribution in [1.29, 1.82) is 0 Å². The molecule has 1 saturated heterocycles. The van der Waals surface area contributed by atoms with E-state index in [1.54, 1.807) is 12.1 Å². The van der Waals surface area contributed by atoms with Crippen LogP contribution in [0.3, 0.4) is 0 Å². The number of unbranched alkanes of at least 4 members (excludes halogenated alkanes) is 1. The van der Waals surface area contributed by atoms with Crippen LogP contribution in [-0.4, -0.2) is 62.7 Å². The lowest BCUT2D eigenvalue weighted by atomic mass is 10.1. The zero-order chi connectivity index (χ0) is 22.4. The van der Waals surface area contributed by atoms with Crippen molar-refractivity contribution in [3.63, 3.8) is 0 Å². The largest absolute Gasteiger partial charge is 0.493 e. The summed E-state index contributed by atoms with van der Waals surface area (Å²) in [7, 11) is 2.91. The van der Waals surface area contributed by atoms with E-state index in [9.17, 15) is 14.4 Å². The first kappa shape index (κ1) is 22.9. The van der Waals surface area contributed by atoms with Gasteiger partial charge in [-0.15, -0.1) is 0 Å². The molecule has 1 N–H and O–H groups in total. The Hall–Kier alpha value is -2.81. The van der Waals surface area contributed by atoms with Gasteiger partial charge in [0.05, 0.1) is 14.2 Å². The molecule has 1 fully saturated rings. The molecule has 2 atom stereocenters. The molecule has 9 heteroatoms. The average molecular weight is 434 g/mol. The number of ether oxygens (including phenoxy) is 4. The number of hydrogen-bond donors (Lipinski definition) is 1. The molecule has 2 aliphatic rings. The number of amides is 2. The number of carbonyl (C=O) groups excluding carboxylic acids is 3. The van der Waals surface area contributed by atoms with Gasteiger partial charge in [-0.25, -0.2) is 4.79 Å². The number of benzene rings is 1. The molecule has 0 spiro atoms. The van der Waals surface area contributed by atoms with Crippen molar-refractivity contribution in [3.8, 4) is 11.5 Å². The molecule has 0 aliphatic carbocycles. The Morgan fingerprint density at radius 1 is 1.19 bits per heavy atom. The normalized spacial score (nSPS) is 19.9. The Morgan fingerprint density at radius 3 is 2.68 bits per heavy atom. The van der Waals surface area contributed by atoms with Crippen LogP contribution in [0.4, 0.5) is 0 Å². The van der Waals surface area contributed by atoms with Crippen LogP contribution < -0.4 is 14.8 Å². The van der Waals surface area contributed by atoms with Gasteiger partial charge >= 0.3 is 5.97 Å². The second-order valence-corrected chi connectivity index (χ2v) is 7.49. The van der Waals surface area contributed by atoms with Gasteiger partial charge in [-0.05, 0) is 31.4 Å². The third-order valence-electron chi connectivity index (χ3n) is 5.48. The molecule has 2 heterocycles. The molecule has 1 aromatic carbocycles. The van der Waals surface area contributed by atoms with Crippen LogP contribution in [0.5, 0.6) is 11.5 Å². The minimum absolute atomic E-state index is 0.217. The van der Waals surface area contributed by atoms with Gasteiger partial charge in [0.2, 0.25) is 18.0 Å². The minimum Gasteiger partial charge on any atom is -0.493 e. The number of methoxy groups -OCH3 is 2. The Kier molecular flexibility index (Phi) is 7.73. The Labute approximate surface area is 182 Å². The standard InChI is InChI=1S/C22H30N2O7/c1-4-5-12-30-13-6-11-23-20(26)15-8-10-17(25)24(15)21-14-7-9-16(28-2)19(29-3)18(14)22(27)31-21/h7,9,15,21H,4-6,8,10-13H2,1-3H3,(H,23,26)/t15-,21?/m0/s1. The highest BCUT2D eigenvalue weighted by molar-refractivity contribution is 5.99. The fourth-order valence-electron chi connectivity index (χ4n) is 3.89. The van der Waals surface area contributed by atoms with Crippen molar-refractivity contribution in [1.82, 2.24) is 10.2 Å². The van der Waals surface area contributed by atoms with Crippen LogP contribution in [-0.2, 0) is 19.1 Å². The van der Waals surface area contributed by atoms with E-state index in [4.69, 9.17) is 18.9 Å². The van der Waals surface area contributed by atoms with Crippen LogP contribution in [0.25, 0.3) is 0 Å². The number of cyclic esters (lactones) is 1. The molecular weight excluding hydrogens is 404 g/mol. The molecule has 0 radical (unpaired) electrons. The van der Waals surface area contributed by atoms with Gasteiger partial charge in [-0.3, -0.25) is 14.5 Å². The second-order valence-electron chi connectivity index (χ2n) is 7.49. The summed E-state index contributed by atoms with van der Waals surface area (Å²) in [4.78, 5) is 39.3. The van der Waals surface area contributed by atoms with E-state index in [0.717, 1.165) is 19.4 Å². The summed E-state index contributed by atoms with van der Waals surface area (Å²) in [5.74, 6) is -0.461. The number of fused-ring (bicyclic) bond motifs is 1. The van der Waals surface area contributed by atoms with E-state index < -0.39 is 18.2 Å². The molecule has 1 unspecified atom stereocenters. The maximum atomic E-state index is 12.8. The van der Waals surface area contributed by atoms with Crippen LogP contribution in [0.1, 0.15) is 61.2 Å². The minimum atomic E-state index is -0.967. The third-order valence-corrected chi connectivity index (χ3v) is 5.48. The Bertz CT molecular complexity index is 826. The molecule has 1 aromatic rings. The topological polar surface area (TPSA) is 103 Å². The smallest absolute Gasteiger partial charge is 0.344 e. The highest BCUT2D eigenvalue weighted by Gasteiger charge is 2.47. The van der Waals surface area contributed by atoms with Gasteiger partial charge in [0.1, 0.15) is 11.6 Å². The van der Waals surface area contributed by atoms with Crippen LogP contribution in [0.2, 0.25) is 0 Å². The summed E-state index contributed by atoms with van der Waals surface area (Å²) in [6, 6.07) is 2.62. The maximum Gasteiger partial charge on any atom is 0.344 e. The van der Waals surface area contributed by atoms with Crippen molar-refractivity contribution < 1.29 is 33.3 Å². The van der Waals surface area contributed by atoms with Gasteiger partial charge in [0.15, 0.2) is 11.5 Å². The zero-order valence-corrected chi connectivity index (χ0v) is 18.3. The van der Waals surface area contributed by atoms with Crippen molar-refractivity contribution in [2.24, 2.45) is 0 Å². The van der Waals surface area contributed by atoms with E-state index in [2.05, 4.69) is 12.2 Å². The highest BCUT2D eigenvalue weighted by atomic mass is 16.6. The summed E-state index contributed by atoms with van der Waals surface area (Å²) in [6.45, 7) is 3.85. The van der Waals surface area contributed by atoms with E-state index in [1.807, 2.05) is 0 Å². The number of nitrogens with zero attached hydrogens (tertiary/aromatic N) is 1. The molecular formula is C22H30N2O7. The molecule has 0 bridgehead atoms. The van der Waals surface area contributed by atoms with Gasteiger partial charge in [0, 0.05) is 31.7 Å². The fraction of sp³-hybridized carbons (Fsp3) is 0.591. The second kappa shape index (κ2) is 10.5. The molecule has 2 amide bonds. The number of nitrogens with one attached hydrogen (secondary N) is 1. The molecule has 9 nitrogen and oxygen atoms in total. The van der Waals surface area contributed by atoms with E-state index in [1.165, 1.54) is 19.1 Å². The highest BCUT2D eigenvalue weighted by Crippen LogP contribution is 2.45. The number of rotatable bonds is 11. The SMILES string of the molecule is CCCCOCCCNC(=O)[C@@H]1CCC(=O)N1C1OC(=O)c2c1ccc(OC)c2OC. The third kappa shape index (κ3) is 4.76. The lowest BCUT2D eigenvalue weighted by molar-refractivity contribution is -0.145. The average Bonchev–Trinajstić information content (AvgIpc) is 3.31. The monoisotopic (exact) mass is 434 g/mol. The summed E-state index contributed by atoms with van der Waals surface area (Å²) < 4.78 is 21.6. The van der Waals surface area contributed by atoms with Gasteiger partial charge in [-0.1, -0.05) is 13.3 Å². The van der Waals surface area contributed by atoms with E-state index >= 15 is 0 Å². The predicted octanol–water partition coefficient (Wildman–Crippen LogP) is 2.19. The number of hydrogen-bond acceptors (Lipinski definition) is 7. The van der Waals surface area contributed by atoms with Crippen LogP contribution in [0.15, 0.2) is 12.1 Å². The van der Waals surface area contributed by atoms with Gasteiger partial charge in [-0.2, -0.15) is 0 Å². The first-order chi connectivity index (χ1) is 15.0. The molecule has 31 heavy (non-hydrogen) atoms. The van der Waals surface area contributed by atoms with Crippen LogP contribution >= 0.6 is 0 Å². The first-order valence-corrected chi connectivity index (χ1v) is 10.7. The molecule has 2 aliphatic heterocycles. The summed E-state index contributed by atoms with van der Waals surface area (Å²) in [5, 5.41) is 2.87. The number of likely N-dealkylation sites (tertiary alicyclic amines) is 1. The summed E-state index contributed by atoms with van der Waals surface area (Å²) >= 11 is 0. The Balaban J connectivity index is 1.69. The maximum absolute atomic E-state index is 12.8. The number of esters is 1. The molecule has 170 valence electrons. The predicted molar refractivity (Wildman–Crippen MR) is 111 cm³/mol. The van der Waals surface area contributed by atoms with Crippen molar-refractivity contribution >= 4 is 17.8 Å². The van der Waals surface area contributed by atoms with E-state index in [-0.39, 0.29) is 29.5 Å². The summed E-state index contributed by atoms with van der Waals surface area (Å²) in [5.41, 5.74) is 0.704. The van der Waals surface area contributed by atoms with Crippen molar-refractivity contribution in [2.75, 3.05) is 34.0 Å². The van der Waals surface area contributed by atoms with Crippen molar-refractivity contribution in [2.45, 2.75) is 51.3 Å². The van der Waals surface area contributed by atoms with Gasteiger partial charge in [0.25, 0.3) is 0 Å². The lowest BCUT2D eigenvalue weighted by Crippen LogP contribution is -2.46. The first-order valence-electron chi connectivity index (χ1n) is 10.7. The van der Waals surface area contributed by atoms with Crippen LogP contribution in [0, 0.1) is 0 Å². The lowest BCUT2D eigenvalue weighted by Gasteiger charge is -2.29. The molecule has 3 rings (SSSR count). The van der Waals surface area contributed by atoms with Gasteiger partial charge < -0.3 is 24.3 Å². The fourth-order valence-corrected chi connectivity index (χ4v) is 3.89. The zero-order valence-electron chi connectivity index (χ0n) is 18.3. The summed E-state index contributed by atoms with van der Waals surface area (Å²) in [6.07, 6.45) is 2.40. The van der Waals surface area contributed by atoms with Crippen molar-refractivity contribution in [3.05, 3.63) is 23.3 Å². The van der Waals surface area contributed by atoms with E-state index in [0.29, 0.717) is 37.3 Å².